The Hall–Kier alpha value is -1.36. The monoisotopic (exact) mass is 244 g/mol. The van der Waals surface area contributed by atoms with E-state index in [0.29, 0.717) is 12.0 Å². The number of allylic oxidation sites excluding steroid dienone is 1. The second kappa shape index (κ2) is 5.82. The van der Waals surface area contributed by atoms with Gasteiger partial charge in [-0.05, 0) is 38.6 Å². The van der Waals surface area contributed by atoms with Gasteiger partial charge in [-0.3, -0.25) is 4.98 Å². The smallest absolute Gasteiger partial charge is 0.319 e. The van der Waals surface area contributed by atoms with E-state index in [0.717, 1.165) is 18.8 Å². The number of alkyl halides is 3. The maximum absolute atomic E-state index is 12.7. The third-order valence-corrected chi connectivity index (χ3v) is 2.40. The van der Waals surface area contributed by atoms with Gasteiger partial charge >= 0.3 is 6.18 Å². The standard InChI is InChI=1S/C12H15F3N2/c1-9(4-3-6-16-2)10-8-17-7-5-11(10)12(13,14)15/h4-5,7-8,16H,3,6H2,1-2H3/b9-4-. The van der Waals surface area contributed by atoms with Crippen molar-refractivity contribution in [2.45, 2.75) is 19.5 Å². The largest absolute Gasteiger partial charge is 0.417 e. The Balaban J connectivity index is 3.01. The Labute approximate surface area is 98.6 Å². The summed E-state index contributed by atoms with van der Waals surface area (Å²) in [4.78, 5) is 3.75. The fraction of sp³-hybridized carbons (Fsp3) is 0.417. The first-order valence-corrected chi connectivity index (χ1v) is 5.29. The van der Waals surface area contributed by atoms with Crippen molar-refractivity contribution in [2.24, 2.45) is 0 Å². The highest BCUT2D eigenvalue weighted by atomic mass is 19.4. The summed E-state index contributed by atoms with van der Waals surface area (Å²) in [6.07, 6.45) is 0.550. The van der Waals surface area contributed by atoms with Crippen LogP contribution < -0.4 is 5.32 Å². The zero-order valence-electron chi connectivity index (χ0n) is 9.80. The molecular weight excluding hydrogens is 229 g/mol. The van der Waals surface area contributed by atoms with Gasteiger partial charge in [0.05, 0.1) is 5.56 Å². The normalized spacial score (nSPS) is 12.9. The van der Waals surface area contributed by atoms with Crippen LogP contribution in [0.25, 0.3) is 5.57 Å². The molecule has 1 aromatic rings. The number of hydrogen-bond acceptors (Lipinski definition) is 2. The summed E-state index contributed by atoms with van der Waals surface area (Å²) in [6, 6.07) is 1.00. The van der Waals surface area contributed by atoms with Gasteiger partial charge in [0.1, 0.15) is 0 Å². The van der Waals surface area contributed by atoms with Crippen LogP contribution in [0.15, 0.2) is 24.5 Å². The zero-order chi connectivity index (χ0) is 12.9. The highest BCUT2D eigenvalue weighted by Gasteiger charge is 2.33. The number of rotatable bonds is 4. The molecule has 17 heavy (non-hydrogen) atoms. The lowest BCUT2D eigenvalue weighted by Crippen LogP contribution is -2.09. The van der Waals surface area contributed by atoms with Crippen LogP contribution in [-0.2, 0) is 6.18 Å². The molecule has 2 nitrogen and oxygen atoms in total. The Morgan fingerprint density at radius 2 is 2.18 bits per heavy atom. The molecule has 5 heteroatoms. The van der Waals surface area contributed by atoms with Crippen LogP contribution in [0, 0.1) is 0 Å². The number of halogens is 3. The molecule has 0 saturated heterocycles. The first-order valence-electron chi connectivity index (χ1n) is 5.29. The molecule has 0 atom stereocenters. The quantitative estimate of drug-likeness (QED) is 0.823. The predicted molar refractivity (Wildman–Crippen MR) is 61.4 cm³/mol. The summed E-state index contributed by atoms with van der Waals surface area (Å²) in [5.41, 5.74) is 0.113. The van der Waals surface area contributed by atoms with Gasteiger partial charge in [-0.15, -0.1) is 0 Å². The zero-order valence-corrected chi connectivity index (χ0v) is 9.80. The Kier molecular flexibility index (Phi) is 4.69. The Bertz CT molecular complexity index is 397. The van der Waals surface area contributed by atoms with E-state index in [4.69, 9.17) is 0 Å². The van der Waals surface area contributed by atoms with Gasteiger partial charge in [-0.1, -0.05) is 6.08 Å². The lowest BCUT2D eigenvalue weighted by Gasteiger charge is -2.12. The highest BCUT2D eigenvalue weighted by molar-refractivity contribution is 5.66. The number of nitrogens with zero attached hydrogens (tertiary/aromatic N) is 1. The molecule has 0 aromatic carbocycles. The molecule has 0 aliphatic carbocycles. The summed E-state index contributed by atoms with van der Waals surface area (Å²) in [5, 5.41) is 2.94. The maximum atomic E-state index is 12.7. The summed E-state index contributed by atoms with van der Waals surface area (Å²) in [5.74, 6) is 0. The fourth-order valence-corrected chi connectivity index (χ4v) is 1.50. The molecule has 1 rings (SSSR count). The van der Waals surface area contributed by atoms with Gasteiger partial charge in [0.2, 0.25) is 0 Å². The minimum atomic E-state index is -4.34. The van der Waals surface area contributed by atoms with Gasteiger partial charge in [0, 0.05) is 18.0 Å². The summed E-state index contributed by atoms with van der Waals surface area (Å²) < 4.78 is 38.2. The van der Waals surface area contributed by atoms with Crippen molar-refractivity contribution in [3.8, 4) is 0 Å². The molecule has 1 aromatic heterocycles. The molecule has 0 aliphatic rings. The van der Waals surface area contributed by atoms with Gasteiger partial charge in [-0.2, -0.15) is 13.2 Å². The second-order valence-electron chi connectivity index (χ2n) is 3.70. The lowest BCUT2D eigenvalue weighted by atomic mass is 10.0. The third-order valence-electron chi connectivity index (χ3n) is 2.40. The van der Waals surface area contributed by atoms with Crippen LogP contribution in [0.1, 0.15) is 24.5 Å². The van der Waals surface area contributed by atoms with E-state index in [1.807, 2.05) is 0 Å². The number of nitrogens with one attached hydrogen (secondary N) is 1. The fourth-order valence-electron chi connectivity index (χ4n) is 1.50. The van der Waals surface area contributed by atoms with Crippen LogP contribution in [0.3, 0.4) is 0 Å². The van der Waals surface area contributed by atoms with E-state index >= 15 is 0 Å². The minimum Gasteiger partial charge on any atom is -0.319 e. The van der Waals surface area contributed by atoms with Crippen molar-refractivity contribution in [1.29, 1.82) is 0 Å². The van der Waals surface area contributed by atoms with E-state index in [1.54, 1.807) is 20.0 Å². The van der Waals surface area contributed by atoms with Crippen molar-refractivity contribution in [3.63, 3.8) is 0 Å². The molecule has 0 aliphatic heterocycles. The molecule has 0 saturated carbocycles. The molecule has 0 spiro atoms. The van der Waals surface area contributed by atoms with Crippen molar-refractivity contribution < 1.29 is 13.2 Å². The molecule has 94 valence electrons. The second-order valence-corrected chi connectivity index (χ2v) is 3.70. The minimum absolute atomic E-state index is 0.149. The van der Waals surface area contributed by atoms with E-state index < -0.39 is 11.7 Å². The van der Waals surface area contributed by atoms with E-state index in [9.17, 15) is 13.2 Å². The van der Waals surface area contributed by atoms with Crippen molar-refractivity contribution >= 4 is 5.57 Å². The molecule has 1 N–H and O–H groups in total. The van der Waals surface area contributed by atoms with E-state index in [-0.39, 0.29) is 5.56 Å². The third kappa shape index (κ3) is 3.85. The maximum Gasteiger partial charge on any atom is 0.417 e. The van der Waals surface area contributed by atoms with Gasteiger partial charge in [-0.25, -0.2) is 0 Å². The molecule has 0 radical (unpaired) electrons. The van der Waals surface area contributed by atoms with Crippen LogP contribution in [0.2, 0.25) is 0 Å². The summed E-state index contributed by atoms with van der Waals surface area (Å²) in [7, 11) is 1.80. The van der Waals surface area contributed by atoms with Gasteiger partial charge in [0.15, 0.2) is 0 Å². The molecule has 0 bridgehead atoms. The van der Waals surface area contributed by atoms with Crippen LogP contribution in [0.4, 0.5) is 13.2 Å². The molecule has 0 amide bonds. The molecular formula is C12H15F3N2. The predicted octanol–water partition coefficient (Wildman–Crippen LogP) is 3.11. The number of aromatic nitrogens is 1. The average Bonchev–Trinajstić information content (AvgIpc) is 2.28. The Morgan fingerprint density at radius 1 is 1.47 bits per heavy atom. The average molecular weight is 244 g/mol. The summed E-state index contributed by atoms with van der Waals surface area (Å²) in [6.45, 7) is 2.40. The molecule has 0 unspecified atom stereocenters. The van der Waals surface area contributed by atoms with Crippen molar-refractivity contribution in [1.82, 2.24) is 10.3 Å². The lowest BCUT2D eigenvalue weighted by molar-refractivity contribution is -0.137. The number of pyridine rings is 1. The van der Waals surface area contributed by atoms with Gasteiger partial charge < -0.3 is 5.32 Å². The van der Waals surface area contributed by atoms with Crippen molar-refractivity contribution in [2.75, 3.05) is 13.6 Å². The van der Waals surface area contributed by atoms with E-state index in [2.05, 4.69) is 10.3 Å². The first kappa shape index (κ1) is 13.7. The Morgan fingerprint density at radius 3 is 2.76 bits per heavy atom. The number of hydrogen-bond donors (Lipinski definition) is 1. The molecule has 1 heterocycles. The van der Waals surface area contributed by atoms with Gasteiger partial charge in [0.25, 0.3) is 0 Å². The van der Waals surface area contributed by atoms with Crippen LogP contribution >= 0.6 is 0 Å². The first-order chi connectivity index (χ1) is 7.96. The van der Waals surface area contributed by atoms with Crippen LogP contribution in [0.5, 0.6) is 0 Å². The summed E-state index contributed by atoms with van der Waals surface area (Å²) >= 11 is 0. The van der Waals surface area contributed by atoms with Crippen LogP contribution in [-0.4, -0.2) is 18.6 Å². The topological polar surface area (TPSA) is 24.9 Å². The highest BCUT2D eigenvalue weighted by Crippen LogP contribution is 2.34. The SMILES string of the molecule is CNCC/C=C(/C)c1cnccc1C(F)(F)F. The molecule has 0 fully saturated rings. The van der Waals surface area contributed by atoms with Crippen molar-refractivity contribution in [3.05, 3.63) is 35.7 Å². The van der Waals surface area contributed by atoms with E-state index in [1.165, 1.54) is 6.20 Å².